The van der Waals surface area contributed by atoms with Gasteiger partial charge in [0.1, 0.15) is 0 Å². The smallest absolute Gasteiger partial charge is 0.333 e. The van der Waals surface area contributed by atoms with Crippen LogP contribution >= 0.6 is 0 Å². The van der Waals surface area contributed by atoms with E-state index < -0.39 is 6.10 Å². The molecule has 0 aliphatic carbocycles. The molecule has 1 atom stereocenters. The van der Waals surface area contributed by atoms with Crippen molar-refractivity contribution in [3.05, 3.63) is 29.8 Å². The Morgan fingerprint density at radius 2 is 1.84 bits per heavy atom. The van der Waals surface area contributed by atoms with Gasteiger partial charge in [0.2, 0.25) is 0 Å². The zero-order chi connectivity index (χ0) is 13.7. The Hall–Kier alpha value is -1.59. The number of nitrogens with one attached hydrogen (secondary N) is 2. The van der Waals surface area contributed by atoms with Crippen molar-refractivity contribution in [2.75, 3.05) is 18.4 Å². The van der Waals surface area contributed by atoms with Crippen molar-refractivity contribution in [3.8, 4) is 0 Å². The summed E-state index contributed by atoms with van der Waals surface area (Å²) in [6.45, 7) is 3.54. The molecule has 1 fully saturated rings. The summed E-state index contributed by atoms with van der Waals surface area (Å²) in [6, 6.07) is 6.98. The van der Waals surface area contributed by atoms with Crippen LogP contribution in [0.3, 0.4) is 0 Å². The summed E-state index contributed by atoms with van der Waals surface area (Å²) in [4.78, 5) is 11.8. The molecule has 1 aromatic carbocycles. The lowest BCUT2D eigenvalue weighted by atomic mass is 10.1. The maximum Gasteiger partial charge on any atom is 0.333 e. The molecule has 1 aliphatic rings. The zero-order valence-corrected chi connectivity index (χ0v) is 11.2. The fourth-order valence-corrected chi connectivity index (χ4v) is 2.15. The standard InChI is InChI=1S/C14H21N3O2/c1-11(18)12-5-7-13(8-6-12)15-14(19)16-17-9-3-2-4-10-17/h5-8,11,18H,2-4,9-10H2,1H3,(H2,15,16,19). The van der Waals surface area contributed by atoms with Gasteiger partial charge < -0.3 is 10.4 Å². The number of hydrogen-bond donors (Lipinski definition) is 3. The lowest BCUT2D eigenvalue weighted by Crippen LogP contribution is -2.46. The number of anilines is 1. The van der Waals surface area contributed by atoms with Crippen molar-refractivity contribution in [2.45, 2.75) is 32.3 Å². The van der Waals surface area contributed by atoms with Gasteiger partial charge in [-0.05, 0) is 37.5 Å². The van der Waals surface area contributed by atoms with Gasteiger partial charge in [0.05, 0.1) is 6.10 Å². The molecule has 2 amide bonds. The largest absolute Gasteiger partial charge is 0.389 e. The van der Waals surface area contributed by atoms with Crippen LogP contribution < -0.4 is 10.7 Å². The lowest BCUT2D eigenvalue weighted by Gasteiger charge is -2.26. The van der Waals surface area contributed by atoms with Gasteiger partial charge in [0, 0.05) is 18.8 Å². The molecule has 0 spiro atoms. The molecule has 1 saturated heterocycles. The van der Waals surface area contributed by atoms with E-state index in [1.165, 1.54) is 6.42 Å². The van der Waals surface area contributed by atoms with Gasteiger partial charge in [-0.15, -0.1) is 0 Å². The van der Waals surface area contributed by atoms with E-state index in [-0.39, 0.29) is 6.03 Å². The molecule has 3 N–H and O–H groups in total. The number of benzene rings is 1. The van der Waals surface area contributed by atoms with E-state index in [0.29, 0.717) is 0 Å². The van der Waals surface area contributed by atoms with Crippen molar-refractivity contribution in [1.29, 1.82) is 0 Å². The number of nitrogens with zero attached hydrogens (tertiary/aromatic N) is 1. The quantitative estimate of drug-likeness (QED) is 0.783. The third-order valence-electron chi connectivity index (χ3n) is 3.27. The summed E-state index contributed by atoms with van der Waals surface area (Å²) < 4.78 is 0. The van der Waals surface area contributed by atoms with Gasteiger partial charge in [-0.3, -0.25) is 5.43 Å². The van der Waals surface area contributed by atoms with E-state index in [0.717, 1.165) is 37.2 Å². The molecule has 1 heterocycles. The summed E-state index contributed by atoms with van der Waals surface area (Å²) in [5.41, 5.74) is 4.40. The van der Waals surface area contributed by atoms with Crippen molar-refractivity contribution in [3.63, 3.8) is 0 Å². The summed E-state index contributed by atoms with van der Waals surface area (Å²) in [7, 11) is 0. The van der Waals surface area contributed by atoms with Gasteiger partial charge in [-0.25, -0.2) is 9.80 Å². The Bertz CT molecular complexity index is 411. The first-order valence-corrected chi connectivity index (χ1v) is 6.76. The summed E-state index contributed by atoms with van der Waals surface area (Å²) in [5.74, 6) is 0. The number of rotatable bonds is 3. The molecule has 19 heavy (non-hydrogen) atoms. The number of aliphatic hydroxyl groups excluding tert-OH is 1. The van der Waals surface area contributed by atoms with Gasteiger partial charge in [-0.2, -0.15) is 0 Å². The Kier molecular flexibility index (Phi) is 4.76. The van der Waals surface area contributed by atoms with Crippen LogP contribution in [0.1, 0.15) is 37.9 Å². The third kappa shape index (κ3) is 4.22. The highest BCUT2D eigenvalue weighted by Gasteiger charge is 2.12. The van der Waals surface area contributed by atoms with Crippen molar-refractivity contribution in [1.82, 2.24) is 10.4 Å². The predicted octanol–water partition coefficient (Wildman–Crippen LogP) is 2.26. The van der Waals surface area contributed by atoms with Crippen LogP contribution in [0, 0.1) is 0 Å². The van der Waals surface area contributed by atoms with Gasteiger partial charge >= 0.3 is 6.03 Å². The van der Waals surface area contributed by atoms with Crippen molar-refractivity contribution < 1.29 is 9.90 Å². The first-order chi connectivity index (χ1) is 9.15. The second-order valence-electron chi connectivity index (χ2n) is 4.91. The maximum atomic E-state index is 11.8. The van der Waals surface area contributed by atoms with Crippen LogP contribution in [0.25, 0.3) is 0 Å². The number of carbonyl (C=O) groups excluding carboxylic acids is 1. The second-order valence-corrected chi connectivity index (χ2v) is 4.91. The molecule has 1 aliphatic heterocycles. The average Bonchev–Trinajstić information content (AvgIpc) is 2.40. The Morgan fingerprint density at radius 3 is 2.42 bits per heavy atom. The fourth-order valence-electron chi connectivity index (χ4n) is 2.15. The van der Waals surface area contributed by atoms with Crippen molar-refractivity contribution in [2.24, 2.45) is 0 Å². The van der Waals surface area contributed by atoms with Gasteiger partial charge in [-0.1, -0.05) is 18.6 Å². The molecule has 5 heteroatoms. The van der Waals surface area contributed by atoms with E-state index in [2.05, 4.69) is 10.7 Å². The third-order valence-corrected chi connectivity index (χ3v) is 3.27. The summed E-state index contributed by atoms with van der Waals surface area (Å²) >= 11 is 0. The number of urea groups is 1. The Balaban J connectivity index is 1.84. The topological polar surface area (TPSA) is 64.6 Å². The maximum absolute atomic E-state index is 11.8. The molecule has 1 unspecified atom stereocenters. The average molecular weight is 263 g/mol. The molecular weight excluding hydrogens is 242 g/mol. The summed E-state index contributed by atoms with van der Waals surface area (Å²) in [5, 5.41) is 14.1. The molecule has 1 aromatic rings. The molecular formula is C14H21N3O2. The number of aliphatic hydroxyl groups is 1. The highest BCUT2D eigenvalue weighted by molar-refractivity contribution is 5.88. The van der Waals surface area contributed by atoms with Gasteiger partial charge in [0.25, 0.3) is 0 Å². The van der Waals surface area contributed by atoms with E-state index in [4.69, 9.17) is 0 Å². The SMILES string of the molecule is CC(O)c1ccc(NC(=O)NN2CCCCC2)cc1. The van der Waals surface area contributed by atoms with E-state index in [1.54, 1.807) is 31.2 Å². The minimum absolute atomic E-state index is 0.216. The normalized spacial score (nSPS) is 17.8. The fraction of sp³-hybridized carbons (Fsp3) is 0.500. The number of hydrogen-bond acceptors (Lipinski definition) is 3. The van der Waals surface area contributed by atoms with Crippen LogP contribution in [-0.4, -0.2) is 29.2 Å². The minimum atomic E-state index is -0.490. The van der Waals surface area contributed by atoms with Crippen LogP contribution in [-0.2, 0) is 0 Å². The second kappa shape index (κ2) is 6.54. The molecule has 5 nitrogen and oxygen atoms in total. The van der Waals surface area contributed by atoms with E-state index in [1.807, 2.05) is 5.01 Å². The van der Waals surface area contributed by atoms with Crippen LogP contribution in [0.15, 0.2) is 24.3 Å². The number of amides is 2. The minimum Gasteiger partial charge on any atom is -0.389 e. The Morgan fingerprint density at radius 1 is 1.21 bits per heavy atom. The summed E-state index contributed by atoms with van der Waals surface area (Å²) in [6.07, 6.45) is 3.00. The number of hydrazine groups is 1. The first kappa shape index (κ1) is 13.8. The molecule has 0 aromatic heterocycles. The molecule has 104 valence electrons. The number of carbonyl (C=O) groups is 1. The molecule has 0 saturated carbocycles. The van der Waals surface area contributed by atoms with E-state index >= 15 is 0 Å². The Labute approximate surface area is 113 Å². The monoisotopic (exact) mass is 263 g/mol. The molecule has 0 radical (unpaired) electrons. The highest BCUT2D eigenvalue weighted by Crippen LogP contribution is 2.15. The van der Waals surface area contributed by atoms with E-state index in [9.17, 15) is 9.90 Å². The first-order valence-electron chi connectivity index (χ1n) is 6.76. The van der Waals surface area contributed by atoms with Crippen LogP contribution in [0.4, 0.5) is 10.5 Å². The molecule has 0 bridgehead atoms. The lowest BCUT2D eigenvalue weighted by molar-refractivity contribution is 0.162. The molecule has 2 rings (SSSR count). The number of piperidine rings is 1. The van der Waals surface area contributed by atoms with Crippen molar-refractivity contribution >= 4 is 11.7 Å². The zero-order valence-electron chi connectivity index (χ0n) is 11.2. The van der Waals surface area contributed by atoms with Gasteiger partial charge in [0.15, 0.2) is 0 Å². The van der Waals surface area contributed by atoms with Crippen LogP contribution in [0.5, 0.6) is 0 Å². The van der Waals surface area contributed by atoms with Crippen LogP contribution in [0.2, 0.25) is 0 Å². The highest BCUT2D eigenvalue weighted by atomic mass is 16.3. The predicted molar refractivity (Wildman–Crippen MR) is 74.7 cm³/mol.